The number of piperazine rings is 1. The van der Waals surface area contributed by atoms with Gasteiger partial charge in [-0.05, 0) is 28.1 Å². The zero-order valence-corrected chi connectivity index (χ0v) is 14.5. The highest BCUT2D eigenvalue weighted by molar-refractivity contribution is 9.10. The van der Waals surface area contributed by atoms with Gasteiger partial charge in [0, 0.05) is 42.8 Å². The molecule has 0 aliphatic carbocycles. The van der Waals surface area contributed by atoms with E-state index in [4.69, 9.17) is 4.52 Å². The Hall–Kier alpha value is -1.47. The van der Waals surface area contributed by atoms with Gasteiger partial charge in [-0.2, -0.15) is 4.98 Å². The van der Waals surface area contributed by atoms with Crippen LogP contribution >= 0.6 is 15.9 Å². The summed E-state index contributed by atoms with van der Waals surface area (Å²) in [4.78, 5) is 13.5. The average Bonchev–Trinajstić information content (AvgIpc) is 2.98. The number of halogens is 1. The second-order valence-electron chi connectivity index (χ2n) is 5.80. The molecule has 0 spiro atoms. The molecule has 2 aromatic rings. The van der Waals surface area contributed by atoms with E-state index in [0.717, 1.165) is 48.8 Å². The minimum Gasteiger partial charge on any atom is -0.354 e. The van der Waals surface area contributed by atoms with Gasteiger partial charge < -0.3 is 9.42 Å². The van der Waals surface area contributed by atoms with Crippen molar-refractivity contribution in [1.29, 1.82) is 0 Å². The Bertz CT molecular complexity index is 605. The fraction of sp³-hybridized carbons (Fsp3) is 0.533. The van der Waals surface area contributed by atoms with E-state index in [1.165, 1.54) is 0 Å². The van der Waals surface area contributed by atoms with Crippen molar-refractivity contribution in [2.75, 3.05) is 31.1 Å². The second-order valence-corrected chi connectivity index (χ2v) is 6.71. The van der Waals surface area contributed by atoms with Gasteiger partial charge >= 0.3 is 0 Å². The average molecular weight is 366 g/mol. The number of nitrogens with zero attached hydrogens (tertiary/aromatic N) is 5. The van der Waals surface area contributed by atoms with Crippen LogP contribution in [0.5, 0.6) is 0 Å². The molecule has 6 nitrogen and oxygen atoms in total. The largest absolute Gasteiger partial charge is 0.354 e. The highest BCUT2D eigenvalue weighted by Gasteiger charge is 2.20. The van der Waals surface area contributed by atoms with Crippen LogP contribution in [0.4, 0.5) is 5.82 Å². The molecular formula is C15H20BrN5O. The molecular weight excluding hydrogens is 346 g/mol. The first kappa shape index (κ1) is 15.4. The number of anilines is 1. The molecule has 0 N–H and O–H groups in total. The van der Waals surface area contributed by atoms with E-state index in [1.807, 2.05) is 18.3 Å². The molecule has 0 bridgehead atoms. The minimum absolute atomic E-state index is 0.304. The number of hydrogen-bond acceptors (Lipinski definition) is 6. The Morgan fingerprint density at radius 3 is 2.59 bits per heavy atom. The quantitative estimate of drug-likeness (QED) is 0.829. The smallest absolute Gasteiger partial charge is 0.240 e. The van der Waals surface area contributed by atoms with E-state index in [9.17, 15) is 0 Å². The number of aromatic nitrogens is 3. The monoisotopic (exact) mass is 365 g/mol. The Morgan fingerprint density at radius 2 is 2.00 bits per heavy atom. The van der Waals surface area contributed by atoms with E-state index in [2.05, 4.69) is 54.7 Å². The highest BCUT2D eigenvalue weighted by atomic mass is 79.9. The van der Waals surface area contributed by atoms with Crippen molar-refractivity contribution in [3.63, 3.8) is 0 Å². The summed E-state index contributed by atoms with van der Waals surface area (Å²) in [6.45, 7) is 8.71. The Kier molecular flexibility index (Phi) is 4.73. The van der Waals surface area contributed by atoms with Crippen LogP contribution in [0.15, 0.2) is 27.3 Å². The van der Waals surface area contributed by atoms with Crippen LogP contribution in [0, 0.1) is 0 Å². The van der Waals surface area contributed by atoms with Crippen LogP contribution in [0.1, 0.15) is 31.5 Å². The molecule has 1 aliphatic rings. The molecule has 2 aromatic heterocycles. The maximum atomic E-state index is 5.32. The second kappa shape index (κ2) is 6.75. The van der Waals surface area contributed by atoms with Gasteiger partial charge in [-0.3, -0.25) is 4.90 Å². The molecule has 0 radical (unpaired) electrons. The van der Waals surface area contributed by atoms with Gasteiger partial charge in [0.2, 0.25) is 5.89 Å². The first-order chi connectivity index (χ1) is 10.6. The third-order valence-corrected chi connectivity index (χ3v) is 4.24. The summed E-state index contributed by atoms with van der Waals surface area (Å²) < 4.78 is 6.33. The van der Waals surface area contributed by atoms with Gasteiger partial charge in [0.05, 0.1) is 6.54 Å². The summed E-state index contributed by atoms with van der Waals surface area (Å²) in [6.07, 6.45) is 1.84. The molecule has 3 heterocycles. The number of pyridine rings is 1. The topological polar surface area (TPSA) is 58.3 Å². The fourth-order valence-electron chi connectivity index (χ4n) is 2.45. The number of hydrogen-bond donors (Lipinski definition) is 0. The van der Waals surface area contributed by atoms with Crippen LogP contribution in [-0.2, 0) is 6.54 Å². The van der Waals surface area contributed by atoms with Crippen molar-refractivity contribution in [3.05, 3.63) is 34.5 Å². The summed E-state index contributed by atoms with van der Waals surface area (Å²) in [5, 5.41) is 4.01. The van der Waals surface area contributed by atoms with E-state index in [-0.39, 0.29) is 0 Å². The van der Waals surface area contributed by atoms with Crippen molar-refractivity contribution in [2.45, 2.75) is 26.3 Å². The lowest BCUT2D eigenvalue weighted by Crippen LogP contribution is -2.46. The molecule has 0 unspecified atom stereocenters. The molecule has 3 rings (SSSR count). The molecule has 0 atom stereocenters. The summed E-state index contributed by atoms with van der Waals surface area (Å²) in [6, 6.07) is 4.08. The Labute approximate surface area is 138 Å². The predicted molar refractivity (Wildman–Crippen MR) is 87.8 cm³/mol. The van der Waals surface area contributed by atoms with Gasteiger partial charge in [0.25, 0.3) is 0 Å². The molecule has 1 fully saturated rings. The van der Waals surface area contributed by atoms with Crippen molar-refractivity contribution in [3.8, 4) is 0 Å². The summed E-state index contributed by atoms with van der Waals surface area (Å²) in [5.74, 6) is 2.83. The summed E-state index contributed by atoms with van der Waals surface area (Å²) >= 11 is 3.42. The normalized spacial score (nSPS) is 16.5. The number of rotatable bonds is 4. The van der Waals surface area contributed by atoms with Gasteiger partial charge in [0.15, 0.2) is 5.82 Å². The first-order valence-corrected chi connectivity index (χ1v) is 8.32. The van der Waals surface area contributed by atoms with Crippen molar-refractivity contribution >= 4 is 21.7 Å². The third kappa shape index (κ3) is 3.64. The van der Waals surface area contributed by atoms with Crippen molar-refractivity contribution < 1.29 is 4.52 Å². The van der Waals surface area contributed by atoms with Gasteiger partial charge in [0.1, 0.15) is 5.82 Å². The summed E-state index contributed by atoms with van der Waals surface area (Å²) in [5.41, 5.74) is 0. The Morgan fingerprint density at radius 1 is 1.23 bits per heavy atom. The van der Waals surface area contributed by atoms with Gasteiger partial charge in [-0.15, -0.1) is 0 Å². The van der Waals surface area contributed by atoms with Crippen LogP contribution in [0.25, 0.3) is 0 Å². The molecule has 118 valence electrons. The zero-order chi connectivity index (χ0) is 15.5. The molecule has 0 amide bonds. The predicted octanol–water partition coefficient (Wildman–Crippen LogP) is 2.67. The molecule has 0 saturated carbocycles. The van der Waals surface area contributed by atoms with Gasteiger partial charge in [-0.25, -0.2) is 4.98 Å². The minimum atomic E-state index is 0.304. The summed E-state index contributed by atoms with van der Waals surface area (Å²) in [7, 11) is 0. The Balaban J connectivity index is 1.54. The maximum Gasteiger partial charge on any atom is 0.240 e. The van der Waals surface area contributed by atoms with Crippen molar-refractivity contribution in [1.82, 2.24) is 20.0 Å². The van der Waals surface area contributed by atoms with Crippen LogP contribution in [0.2, 0.25) is 0 Å². The lowest BCUT2D eigenvalue weighted by Gasteiger charge is -2.34. The zero-order valence-electron chi connectivity index (χ0n) is 12.9. The molecule has 1 aliphatic heterocycles. The molecule has 7 heteroatoms. The van der Waals surface area contributed by atoms with Crippen LogP contribution < -0.4 is 4.90 Å². The first-order valence-electron chi connectivity index (χ1n) is 7.53. The standard InChI is InChI=1S/C15H20BrN5O/c1-11(2)15-18-14(22-19-15)10-20-5-7-21(8-6-20)13-4-3-12(16)9-17-13/h3-4,9,11H,5-8,10H2,1-2H3. The van der Waals surface area contributed by atoms with E-state index in [1.54, 1.807) is 0 Å². The fourth-order valence-corrected chi connectivity index (χ4v) is 2.68. The lowest BCUT2D eigenvalue weighted by molar-refractivity contribution is 0.215. The third-order valence-electron chi connectivity index (χ3n) is 3.77. The van der Waals surface area contributed by atoms with Crippen LogP contribution in [-0.4, -0.2) is 46.2 Å². The van der Waals surface area contributed by atoms with E-state index >= 15 is 0 Å². The van der Waals surface area contributed by atoms with E-state index < -0.39 is 0 Å². The maximum absolute atomic E-state index is 5.32. The van der Waals surface area contributed by atoms with Gasteiger partial charge in [-0.1, -0.05) is 19.0 Å². The molecule has 22 heavy (non-hydrogen) atoms. The molecule has 0 aromatic carbocycles. The lowest BCUT2D eigenvalue weighted by atomic mass is 10.2. The van der Waals surface area contributed by atoms with E-state index in [0.29, 0.717) is 11.8 Å². The van der Waals surface area contributed by atoms with Crippen LogP contribution in [0.3, 0.4) is 0 Å². The highest BCUT2D eigenvalue weighted by Crippen LogP contribution is 2.17. The van der Waals surface area contributed by atoms with Crippen molar-refractivity contribution in [2.24, 2.45) is 0 Å². The molecule has 1 saturated heterocycles. The SMILES string of the molecule is CC(C)c1noc(CN2CCN(c3ccc(Br)cn3)CC2)n1.